The molecule has 1 saturated heterocycles. The van der Waals surface area contributed by atoms with Crippen molar-refractivity contribution in [1.82, 2.24) is 4.90 Å². The van der Waals surface area contributed by atoms with Gasteiger partial charge < -0.3 is 4.74 Å². The van der Waals surface area contributed by atoms with Crippen molar-refractivity contribution in [2.24, 2.45) is 11.3 Å². The van der Waals surface area contributed by atoms with E-state index in [-0.39, 0.29) is 24.3 Å². The highest BCUT2D eigenvalue weighted by molar-refractivity contribution is 5.98. The Hall–Kier alpha value is -1.65. The second kappa shape index (κ2) is 6.85. The molecular weight excluding hydrogens is 294 g/mol. The predicted molar refractivity (Wildman–Crippen MR) is 86.8 cm³/mol. The summed E-state index contributed by atoms with van der Waals surface area (Å²) in [5.41, 5.74) is 0.202. The molecule has 2 atom stereocenters. The van der Waals surface area contributed by atoms with E-state index in [2.05, 4.69) is 6.58 Å². The summed E-state index contributed by atoms with van der Waals surface area (Å²) >= 11 is 0. The number of amides is 2. The zero-order valence-electron chi connectivity index (χ0n) is 14.4. The van der Waals surface area contributed by atoms with Gasteiger partial charge in [0.05, 0.1) is 12.0 Å². The third kappa shape index (κ3) is 3.19. The van der Waals surface area contributed by atoms with E-state index in [9.17, 15) is 14.4 Å². The average molecular weight is 321 g/mol. The predicted octanol–water partition coefficient (Wildman–Crippen LogP) is 3.48. The Morgan fingerprint density at radius 1 is 1.35 bits per heavy atom. The molecule has 0 aromatic carbocycles. The fourth-order valence-corrected chi connectivity index (χ4v) is 4.02. The van der Waals surface area contributed by atoms with Gasteiger partial charge in [-0.05, 0) is 39.5 Å². The number of rotatable bonds is 6. The molecule has 1 aliphatic carbocycles. The minimum atomic E-state index is -0.656. The number of ketones is 1. The van der Waals surface area contributed by atoms with Crippen LogP contribution in [0.15, 0.2) is 12.2 Å². The molecule has 128 valence electrons. The molecule has 0 aromatic heterocycles. The van der Waals surface area contributed by atoms with Gasteiger partial charge in [0.1, 0.15) is 12.4 Å². The highest BCUT2D eigenvalue weighted by Crippen LogP contribution is 2.48. The van der Waals surface area contributed by atoms with Crippen LogP contribution in [0.4, 0.5) is 4.79 Å². The monoisotopic (exact) mass is 321 g/mol. The van der Waals surface area contributed by atoms with Crippen molar-refractivity contribution in [3.8, 4) is 0 Å². The Morgan fingerprint density at radius 3 is 2.43 bits per heavy atom. The minimum Gasteiger partial charge on any atom is -0.447 e. The molecule has 2 aliphatic rings. The van der Waals surface area contributed by atoms with Gasteiger partial charge in [0.2, 0.25) is 5.91 Å². The Labute approximate surface area is 138 Å². The van der Waals surface area contributed by atoms with Gasteiger partial charge in [-0.25, -0.2) is 9.69 Å². The van der Waals surface area contributed by atoms with Crippen LogP contribution in [0.2, 0.25) is 0 Å². The molecule has 0 aromatic rings. The highest BCUT2D eigenvalue weighted by atomic mass is 16.6. The summed E-state index contributed by atoms with van der Waals surface area (Å²) in [6.07, 6.45) is 3.84. The van der Waals surface area contributed by atoms with Crippen LogP contribution in [0, 0.1) is 11.3 Å². The van der Waals surface area contributed by atoms with Gasteiger partial charge >= 0.3 is 6.09 Å². The molecule has 5 nitrogen and oxygen atoms in total. The lowest BCUT2D eigenvalue weighted by Crippen LogP contribution is -2.49. The number of carbonyl (C=O) groups excluding carboxylic acids is 3. The second-order valence-electron chi connectivity index (χ2n) is 6.98. The number of hydrogen-bond donors (Lipinski definition) is 0. The maximum absolute atomic E-state index is 13.2. The second-order valence-corrected chi connectivity index (χ2v) is 6.98. The number of ether oxygens (including phenoxy) is 1. The lowest BCUT2D eigenvalue weighted by atomic mass is 9.68. The van der Waals surface area contributed by atoms with E-state index in [4.69, 9.17) is 4.74 Å². The molecular formula is C18H27NO4. The highest BCUT2D eigenvalue weighted by Gasteiger charge is 2.52. The molecule has 23 heavy (non-hydrogen) atoms. The van der Waals surface area contributed by atoms with Gasteiger partial charge in [-0.3, -0.25) is 9.59 Å². The number of hydrogen-bond acceptors (Lipinski definition) is 4. The Kier molecular flexibility index (Phi) is 5.27. The topological polar surface area (TPSA) is 63.7 Å². The van der Waals surface area contributed by atoms with Crippen LogP contribution in [-0.4, -0.2) is 35.3 Å². The maximum Gasteiger partial charge on any atom is 0.416 e. The van der Waals surface area contributed by atoms with E-state index in [0.29, 0.717) is 25.7 Å². The SMILES string of the molecule is C=C(C)C[C@@H](C(=O)N1C(=O)OC[C@H]1CC)C1(C(C)=O)CCCC1. The largest absolute Gasteiger partial charge is 0.447 e. The zero-order chi connectivity index (χ0) is 17.2. The molecule has 2 amide bonds. The lowest BCUT2D eigenvalue weighted by Gasteiger charge is -2.37. The Bertz CT molecular complexity index is 519. The average Bonchev–Trinajstić information content (AvgIpc) is 3.11. The number of cyclic esters (lactones) is 1. The van der Waals surface area contributed by atoms with Gasteiger partial charge in [0, 0.05) is 5.41 Å². The summed E-state index contributed by atoms with van der Waals surface area (Å²) in [6, 6.07) is -0.229. The van der Waals surface area contributed by atoms with Crippen molar-refractivity contribution in [2.75, 3.05) is 6.61 Å². The Morgan fingerprint density at radius 2 is 1.96 bits per heavy atom. The van der Waals surface area contributed by atoms with E-state index >= 15 is 0 Å². The van der Waals surface area contributed by atoms with Gasteiger partial charge in [-0.15, -0.1) is 6.58 Å². The van der Waals surface area contributed by atoms with E-state index < -0.39 is 17.4 Å². The zero-order valence-corrected chi connectivity index (χ0v) is 14.4. The van der Waals surface area contributed by atoms with Crippen molar-refractivity contribution in [3.63, 3.8) is 0 Å². The van der Waals surface area contributed by atoms with Crippen molar-refractivity contribution in [1.29, 1.82) is 0 Å². The van der Waals surface area contributed by atoms with Crippen LogP contribution in [0.5, 0.6) is 0 Å². The molecule has 0 radical (unpaired) electrons. The minimum absolute atomic E-state index is 0.0511. The normalized spacial score (nSPS) is 24.4. The van der Waals surface area contributed by atoms with E-state index in [1.807, 2.05) is 13.8 Å². The van der Waals surface area contributed by atoms with Crippen LogP contribution >= 0.6 is 0 Å². The van der Waals surface area contributed by atoms with E-state index in [0.717, 1.165) is 18.4 Å². The van der Waals surface area contributed by atoms with Gasteiger partial charge in [0.15, 0.2) is 0 Å². The Balaban J connectivity index is 2.38. The molecule has 2 fully saturated rings. The van der Waals surface area contributed by atoms with Gasteiger partial charge in [-0.1, -0.05) is 25.3 Å². The van der Waals surface area contributed by atoms with E-state index in [1.165, 1.54) is 4.90 Å². The van der Waals surface area contributed by atoms with Crippen molar-refractivity contribution in [3.05, 3.63) is 12.2 Å². The summed E-state index contributed by atoms with van der Waals surface area (Å²) < 4.78 is 5.06. The molecule has 0 N–H and O–H groups in total. The molecule has 1 aliphatic heterocycles. The summed E-state index contributed by atoms with van der Waals surface area (Å²) in [5.74, 6) is -0.727. The van der Waals surface area contributed by atoms with Crippen molar-refractivity contribution in [2.45, 2.75) is 65.3 Å². The maximum atomic E-state index is 13.2. The van der Waals surface area contributed by atoms with Gasteiger partial charge in [-0.2, -0.15) is 0 Å². The number of carbonyl (C=O) groups is 3. The number of allylic oxidation sites excluding steroid dienone is 1. The fourth-order valence-electron chi connectivity index (χ4n) is 4.02. The summed E-state index contributed by atoms with van der Waals surface area (Å²) in [6.45, 7) is 9.53. The number of Topliss-reactive ketones (excluding diaryl/α,β-unsaturated/α-hetero) is 1. The third-order valence-electron chi connectivity index (χ3n) is 5.38. The molecule has 0 unspecified atom stereocenters. The summed E-state index contributed by atoms with van der Waals surface area (Å²) in [7, 11) is 0. The van der Waals surface area contributed by atoms with Crippen LogP contribution in [-0.2, 0) is 14.3 Å². The number of nitrogens with zero attached hydrogens (tertiary/aromatic N) is 1. The lowest BCUT2D eigenvalue weighted by molar-refractivity contribution is -0.145. The first-order valence-electron chi connectivity index (χ1n) is 8.48. The molecule has 5 heteroatoms. The van der Waals surface area contributed by atoms with Gasteiger partial charge in [0.25, 0.3) is 0 Å². The first-order chi connectivity index (χ1) is 10.8. The number of imide groups is 1. The molecule has 1 saturated carbocycles. The quantitative estimate of drug-likeness (QED) is 0.703. The van der Waals surface area contributed by atoms with E-state index in [1.54, 1.807) is 6.92 Å². The van der Waals surface area contributed by atoms with Crippen LogP contribution < -0.4 is 0 Å². The smallest absolute Gasteiger partial charge is 0.416 e. The van der Waals surface area contributed by atoms with Crippen LogP contribution in [0.3, 0.4) is 0 Å². The first kappa shape index (κ1) is 17.7. The first-order valence-corrected chi connectivity index (χ1v) is 8.48. The molecule has 1 heterocycles. The standard InChI is InChI=1S/C18H27NO4/c1-5-14-11-23-17(22)19(14)16(21)15(10-12(2)3)18(13(4)20)8-6-7-9-18/h14-15H,2,5-11H2,1,3-4H3/t14-,15+/m1/s1. The van der Waals surface area contributed by atoms with Crippen LogP contribution in [0.1, 0.15) is 59.3 Å². The molecule has 0 bridgehead atoms. The van der Waals surface area contributed by atoms with Crippen LogP contribution in [0.25, 0.3) is 0 Å². The third-order valence-corrected chi connectivity index (χ3v) is 5.38. The summed E-state index contributed by atoms with van der Waals surface area (Å²) in [5, 5.41) is 0. The van der Waals surface area contributed by atoms with Crippen molar-refractivity contribution >= 4 is 17.8 Å². The summed E-state index contributed by atoms with van der Waals surface area (Å²) in [4.78, 5) is 38.9. The van der Waals surface area contributed by atoms with Crippen molar-refractivity contribution < 1.29 is 19.1 Å². The fraction of sp³-hybridized carbons (Fsp3) is 0.722. The molecule has 0 spiro atoms. The molecule has 2 rings (SSSR count).